The highest BCUT2D eigenvalue weighted by atomic mass is 79.9. The Morgan fingerprint density at radius 2 is 2.05 bits per heavy atom. The fraction of sp³-hybridized carbons (Fsp3) is 0.462. The number of sulfonamides is 1. The predicted molar refractivity (Wildman–Crippen MR) is 84.1 cm³/mol. The van der Waals surface area contributed by atoms with E-state index in [0.717, 1.165) is 0 Å². The number of esters is 1. The highest BCUT2D eigenvalue weighted by molar-refractivity contribution is 9.10. The molecular formula is C13H19BrN2O4S. The topological polar surface area (TPSA) is 98.5 Å². The van der Waals surface area contributed by atoms with Crippen molar-refractivity contribution in [1.29, 1.82) is 0 Å². The van der Waals surface area contributed by atoms with Crippen LogP contribution in [0.4, 0.5) is 5.69 Å². The highest BCUT2D eigenvalue weighted by Gasteiger charge is 2.28. The molecule has 21 heavy (non-hydrogen) atoms. The number of ether oxygens (including phenoxy) is 1. The van der Waals surface area contributed by atoms with E-state index >= 15 is 0 Å². The van der Waals surface area contributed by atoms with E-state index in [4.69, 9.17) is 5.73 Å². The largest absolute Gasteiger partial charge is 0.468 e. The SMILES string of the molecule is COC(=O)C(CC(C)C)NS(=O)(=O)c1cc(Br)ccc1N. The lowest BCUT2D eigenvalue weighted by atomic mass is 10.1. The molecule has 0 aromatic heterocycles. The molecule has 0 saturated heterocycles. The maximum Gasteiger partial charge on any atom is 0.323 e. The number of halogens is 1. The molecule has 0 aliphatic heterocycles. The van der Waals surface area contributed by atoms with Crippen molar-refractivity contribution < 1.29 is 17.9 Å². The van der Waals surface area contributed by atoms with E-state index in [1.807, 2.05) is 13.8 Å². The summed E-state index contributed by atoms with van der Waals surface area (Å²) in [7, 11) is -2.70. The van der Waals surface area contributed by atoms with Gasteiger partial charge in [-0.25, -0.2) is 8.42 Å². The molecule has 0 fully saturated rings. The second-order valence-electron chi connectivity index (χ2n) is 5.01. The number of anilines is 1. The van der Waals surface area contributed by atoms with Gasteiger partial charge in [-0.2, -0.15) is 4.72 Å². The summed E-state index contributed by atoms with van der Waals surface area (Å²) in [6.07, 6.45) is 0.333. The Labute approximate surface area is 133 Å². The molecule has 1 aromatic rings. The Bertz CT molecular complexity index is 617. The van der Waals surface area contributed by atoms with Crippen molar-refractivity contribution in [3.05, 3.63) is 22.7 Å². The van der Waals surface area contributed by atoms with Crippen LogP contribution in [0.2, 0.25) is 0 Å². The van der Waals surface area contributed by atoms with Crippen LogP contribution in [0, 0.1) is 5.92 Å². The van der Waals surface area contributed by atoms with Gasteiger partial charge in [0.1, 0.15) is 10.9 Å². The first kappa shape index (κ1) is 17.9. The van der Waals surface area contributed by atoms with Gasteiger partial charge < -0.3 is 10.5 Å². The summed E-state index contributed by atoms with van der Waals surface area (Å²) in [5, 5.41) is 0. The molecule has 0 heterocycles. The normalized spacial score (nSPS) is 13.2. The van der Waals surface area contributed by atoms with Gasteiger partial charge in [-0.15, -0.1) is 0 Å². The van der Waals surface area contributed by atoms with Gasteiger partial charge in [0.2, 0.25) is 10.0 Å². The Balaban J connectivity index is 3.11. The summed E-state index contributed by atoms with van der Waals surface area (Å²) in [4.78, 5) is 11.6. The van der Waals surface area contributed by atoms with Crippen LogP contribution in [0.1, 0.15) is 20.3 Å². The minimum atomic E-state index is -3.92. The molecular weight excluding hydrogens is 360 g/mol. The second-order valence-corrected chi connectivity index (χ2v) is 7.61. The summed E-state index contributed by atoms with van der Waals surface area (Å²) in [6, 6.07) is 3.56. The average molecular weight is 379 g/mol. The second kappa shape index (κ2) is 7.24. The third-order valence-electron chi connectivity index (χ3n) is 2.76. The molecule has 3 N–H and O–H groups in total. The van der Waals surface area contributed by atoms with Crippen LogP contribution < -0.4 is 10.5 Å². The number of benzene rings is 1. The molecule has 1 unspecified atom stereocenters. The smallest absolute Gasteiger partial charge is 0.323 e. The summed E-state index contributed by atoms with van der Waals surface area (Å²) >= 11 is 3.20. The molecule has 8 heteroatoms. The molecule has 1 rings (SSSR count). The number of nitrogens with two attached hydrogens (primary N) is 1. The van der Waals surface area contributed by atoms with Crippen LogP contribution in [-0.2, 0) is 19.6 Å². The van der Waals surface area contributed by atoms with E-state index in [9.17, 15) is 13.2 Å². The minimum absolute atomic E-state index is 0.0745. The van der Waals surface area contributed by atoms with Crippen LogP contribution in [0.25, 0.3) is 0 Å². The predicted octanol–water partition coefficient (Wildman–Crippen LogP) is 1.90. The summed E-state index contributed by atoms with van der Waals surface area (Å²) in [5.41, 5.74) is 5.82. The third-order valence-corrected chi connectivity index (χ3v) is 4.78. The maximum atomic E-state index is 12.4. The summed E-state index contributed by atoms with van der Waals surface area (Å²) in [6.45, 7) is 3.77. The van der Waals surface area contributed by atoms with Gasteiger partial charge in [0, 0.05) is 4.47 Å². The van der Waals surface area contributed by atoms with Gasteiger partial charge in [-0.05, 0) is 30.5 Å². The third kappa shape index (κ3) is 4.98. The molecule has 0 amide bonds. The molecule has 1 aromatic carbocycles. The standard InChI is InChI=1S/C13H19BrN2O4S/c1-8(2)6-11(13(17)20-3)16-21(18,19)12-7-9(14)4-5-10(12)15/h4-5,7-8,11,16H,6,15H2,1-3H3. The Morgan fingerprint density at radius 3 is 2.57 bits per heavy atom. The molecule has 1 atom stereocenters. The lowest BCUT2D eigenvalue weighted by Gasteiger charge is -2.19. The molecule has 0 saturated carbocycles. The van der Waals surface area contributed by atoms with Gasteiger partial charge in [0.15, 0.2) is 0 Å². The zero-order valence-electron chi connectivity index (χ0n) is 12.1. The molecule has 0 aliphatic rings. The van der Waals surface area contributed by atoms with Gasteiger partial charge in [0.25, 0.3) is 0 Å². The summed E-state index contributed by atoms with van der Waals surface area (Å²) in [5.74, 6) is -0.502. The number of methoxy groups -OCH3 is 1. The fourth-order valence-corrected chi connectivity index (χ4v) is 3.66. The first-order chi connectivity index (χ1) is 9.67. The van der Waals surface area contributed by atoms with Crippen LogP contribution >= 0.6 is 15.9 Å². The van der Waals surface area contributed by atoms with E-state index in [2.05, 4.69) is 25.4 Å². The first-order valence-electron chi connectivity index (χ1n) is 6.32. The van der Waals surface area contributed by atoms with E-state index in [1.54, 1.807) is 6.07 Å². The first-order valence-corrected chi connectivity index (χ1v) is 8.60. The van der Waals surface area contributed by atoms with Crippen LogP contribution in [-0.4, -0.2) is 27.5 Å². The number of rotatable bonds is 6. The summed E-state index contributed by atoms with van der Waals surface area (Å²) < 4.78 is 32.4. The highest BCUT2D eigenvalue weighted by Crippen LogP contribution is 2.23. The Hall–Kier alpha value is -1.12. The minimum Gasteiger partial charge on any atom is -0.468 e. The molecule has 6 nitrogen and oxygen atoms in total. The van der Waals surface area contributed by atoms with Crippen LogP contribution in [0.15, 0.2) is 27.6 Å². The van der Waals surface area contributed by atoms with Crippen molar-refractivity contribution in [3.63, 3.8) is 0 Å². The number of hydrogen-bond donors (Lipinski definition) is 2. The van der Waals surface area contributed by atoms with Crippen molar-refractivity contribution in [2.24, 2.45) is 5.92 Å². The molecule has 0 radical (unpaired) electrons. The van der Waals surface area contributed by atoms with Crippen molar-refractivity contribution in [1.82, 2.24) is 4.72 Å². The number of nitrogen functional groups attached to an aromatic ring is 1. The van der Waals surface area contributed by atoms with Crippen molar-refractivity contribution in [2.45, 2.75) is 31.2 Å². The van der Waals surface area contributed by atoms with Gasteiger partial charge in [-0.1, -0.05) is 29.8 Å². The van der Waals surface area contributed by atoms with E-state index < -0.39 is 22.0 Å². The zero-order valence-corrected chi connectivity index (χ0v) is 14.5. The Kier molecular flexibility index (Phi) is 6.18. The maximum absolute atomic E-state index is 12.4. The fourth-order valence-electron chi connectivity index (χ4n) is 1.80. The van der Waals surface area contributed by atoms with Gasteiger partial charge >= 0.3 is 5.97 Å². The average Bonchev–Trinajstić information content (AvgIpc) is 2.38. The van der Waals surface area contributed by atoms with E-state index in [-0.39, 0.29) is 16.5 Å². The van der Waals surface area contributed by atoms with Crippen LogP contribution in [0.5, 0.6) is 0 Å². The van der Waals surface area contributed by atoms with Gasteiger partial charge in [-0.3, -0.25) is 4.79 Å². The quantitative estimate of drug-likeness (QED) is 0.581. The lowest BCUT2D eigenvalue weighted by Crippen LogP contribution is -2.42. The Morgan fingerprint density at radius 1 is 1.43 bits per heavy atom. The van der Waals surface area contributed by atoms with Crippen molar-refractivity contribution >= 4 is 37.6 Å². The molecule has 118 valence electrons. The number of carbonyl (C=O) groups is 1. The lowest BCUT2D eigenvalue weighted by molar-refractivity contribution is -0.143. The van der Waals surface area contributed by atoms with Crippen molar-refractivity contribution in [3.8, 4) is 0 Å². The monoisotopic (exact) mass is 378 g/mol. The number of hydrogen-bond acceptors (Lipinski definition) is 5. The van der Waals surface area contributed by atoms with E-state index in [0.29, 0.717) is 10.9 Å². The molecule has 0 spiro atoms. The number of carbonyl (C=O) groups excluding carboxylic acids is 1. The molecule has 0 bridgehead atoms. The van der Waals surface area contributed by atoms with Gasteiger partial charge in [0.05, 0.1) is 12.8 Å². The van der Waals surface area contributed by atoms with Crippen LogP contribution in [0.3, 0.4) is 0 Å². The van der Waals surface area contributed by atoms with Crippen molar-refractivity contribution in [2.75, 3.05) is 12.8 Å². The number of nitrogens with one attached hydrogen (secondary N) is 1. The molecule has 0 aliphatic carbocycles. The van der Waals surface area contributed by atoms with E-state index in [1.165, 1.54) is 19.2 Å². The zero-order chi connectivity index (χ0) is 16.2.